The number of nitrogens with one attached hydrogen (secondary N) is 2. The van der Waals surface area contributed by atoms with E-state index in [1.165, 1.54) is 6.42 Å². The standard InChI is InChI=1S/2C3H6N2.C3H8/c2*1-2-5-3-4-1;1-3-2/h2*3H,1-2H2,(H,4,5);3H2,1-2H3. The lowest BCUT2D eigenvalue weighted by molar-refractivity contribution is 0.965. The summed E-state index contributed by atoms with van der Waals surface area (Å²) in [5, 5.41) is 5.86. The van der Waals surface area contributed by atoms with Gasteiger partial charge in [0, 0.05) is 13.1 Å². The van der Waals surface area contributed by atoms with Crippen LogP contribution in [0.2, 0.25) is 0 Å². The van der Waals surface area contributed by atoms with E-state index >= 15 is 0 Å². The van der Waals surface area contributed by atoms with E-state index in [0.29, 0.717) is 0 Å². The highest BCUT2D eigenvalue weighted by Gasteiger charge is 1.82. The van der Waals surface area contributed by atoms with E-state index in [1.807, 2.05) is 0 Å². The summed E-state index contributed by atoms with van der Waals surface area (Å²) in [5.41, 5.74) is 0. The van der Waals surface area contributed by atoms with Crippen molar-refractivity contribution in [1.29, 1.82) is 0 Å². The van der Waals surface area contributed by atoms with Crippen molar-refractivity contribution in [1.82, 2.24) is 10.6 Å². The second-order valence-corrected chi connectivity index (χ2v) is 2.69. The second-order valence-electron chi connectivity index (χ2n) is 2.69. The predicted octanol–water partition coefficient (Wildman–Crippen LogP) is 0.652. The van der Waals surface area contributed by atoms with E-state index in [9.17, 15) is 0 Å². The SMILES string of the molecule is C1=NCCN1.C1=NCCN1.CCC. The van der Waals surface area contributed by atoms with Crippen LogP contribution in [-0.2, 0) is 0 Å². The molecule has 0 spiro atoms. The van der Waals surface area contributed by atoms with Gasteiger partial charge >= 0.3 is 0 Å². The first-order valence-corrected chi connectivity index (χ1v) is 4.85. The molecule has 0 unspecified atom stereocenters. The topological polar surface area (TPSA) is 48.8 Å². The summed E-state index contributed by atoms with van der Waals surface area (Å²) in [6, 6.07) is 0. The number of rotatable bonds is 0. The van der Waals surface area contributed by atoms with Gasteiger partial charge in [0.25, 0.3) is 0 Å². The van der Waals surface area contributed by atoms with Gasteiger partial charge in [-0.3, -0.25) is 9.98 Å². The molecule has 0 atom stereocenters. The van der Waals surface area contributed by atoms with Gasteiger partial charge in [-0.1, -0.05) is 20.3 Å². The van der Waals surface area contributed by atoms with Gasteiger partial charge in [0.2, 0.25) is 0 Å². The molecular formula is C9H20N4. The fourth-order valence-electron chi connectivity index (χ4n) is 0.645. The minimum atomic E-state index is 0.958. The third-order valence-electron chi connectivity index (χ3n) is 1.14. The molecule has 0 saturated heterocycles. The van der Waals surface area contributed by atoms with Gasteiger partial charge in [-0.15, -0.1) is 0 Å². The quantitative estimate of drug-likeness (QED) is 0.581. The molecule has 4 nitrogen and oxygen atoms in total. The lowest BCUT2D eigenvalue weighted by Crippen LogP contribution is -2.04. The Kier molecular flexibility index (Phi) is 10.0. The van der Waals surface area contributed by atoms with Crippen molar-refractivity contribution >= 4 is 12.7 Å². The van der Waals surface area contributed by atoms with Crippen molar-refractivity contribution in [3.05, 3.63) is 0 Å². The molecule has 2 heterocycles. The van der Waals surface area contributed by atoms with E-state index in [0.717, 1.165) is 26.2 Å². The zero-order valence-corrected chi connectivity index (χ0v) is 8.58. The summed E-state index contributed by atoms with van der Waals surface area (Å²) in [7, 11) is 0. The van der Waals surface area contributed by atoms with Crippen LogP contribution < -0.4 is 10.6 Å². The Morgan fingerprint density at radius 1 is 1.00 bits per heavy atom. The van der Waals surface area contributed by atoms with Crippen LogP contribution in [0.15, 0.2) is 9.98 Å². The molecule has 2 aliphatic heterocycles. The van der Waals surface area contributed by atoms with Gasteiger partial charge in [0.15, 0.2) is 0 Å². The summed E-state index contributed by atoms with van der Waals surface area (Å²) >= 11 is 0. The molecule has 0 aliphatic carbocycles. The Bertz CT molecular complexity index is 115. The Morgan fingerprint density at radius 3 is 1.46 bits per heavy atom. The van der Waals surface area contributed by atoms with E-state index in [4.69, 9.17) is 0 Å². The van der Waals surface area contributed by atoms with Gasteiger partial charge in [-0.05, 0) is 0 Å². The third kappa shape index (κ3) is 10.9. The highest BCUT2D eigenvalue weighted by molar-refractivity contribution is 5.56. The fraction of sp³-hybridized carbons (Fsp3) is 0.778. The van der Waals surface area contributed by atoms with Crippen molar-refractivity contribution in [2.75, 3.05) is 26.2 Å². The Hall–Kier alpha value is -1.06. The second kappa shape index (κ2) is 10.9. The average Bonchev–Trinajstić information content (AvgIpc) is 2.85. The molecule has 0 amide bonds. The Balaban J connectivity index is 0.000000174. The summed E-state index contributed by atoms with van der Waals surface area (Å²) in [6.07, 6.45) is 4.72. The average molecular weight is 184 g/mol. The van der Waals surface area contributed by atoms with Gasteiger partial charge in [-0.25, -0.2) is 0 Å². The van der Waals surface area contributed by atoms with Crippen LogP contribution in [0.4, 0.5) is 0 Å². The van der Waals surface area contributed by atoms with E-state index in [2.05, 4.69) is 34.5 Å². The summed E-state index contributed by atoms with van der Waals surface area (Å²) in [4.78, 5) is 7.69. The van der Waals surface area contributed by atoms with Crippen LogP contribution in [-0.4, -0.2) is 38.9 Å². The largest absolute Gasteiger partial charge is 0.375 e. The van der Waals surface area contributed by atoms with Gasteiger partial charge in [0.1, 0.15) is 0 Å². The molecular weight excluding hydrogens is 164 g/mol. The molecule has 2 rings (SSSR count). The number of aliphatic imine (C=N–C) groups is 2. The van der Waals surface area contributed by atoms with Crippen molar-refractivity contribution in [2.45, 2.75) is 20.3 Å². The molecule has 4 heteroatoms. The maximum atomic E-state index is 3.85. The molecule has 0 fully saturated rings. The third-order valence-corrected chi connectivity index (χ3v) is 1.14. The monoisotopic (exact) mass is 184 g/mol. The zero-order chi connectivity index (χ0) is 9.78. The lowest BCUT2D eigenvalue weighted by atomic mass is 10.6. The molecule has 13 heavy (non-hydrogen) atoms. The van der Waals surface area contributed by atoms with Gasteiger partial charge < -0.3 is 10.6 Å². The smallest absolute Gasteiger partial charge is 0.0825 e. The molecule has 0 bridgehead atoms. The molecule has 2 N–H and O–H groups in total. The van der Waals surface area contributed by atoms with E-state index < -0.39 is 0 Å². The Morgan fingerprint density at radius 2 is 1.38 bits per heavy atom. The highest BCUT2D eigenvalue weighted by atomic mass is 15.0. The minimum absolute atomic E-state index is 0.958. The van der Waals surface area contributed by atoms with Crippen molar-refractivity contribution in [3.8, 4) is 0 Å². The number of nitrogens with zero attached hydrogens (tertiary/aromatic N) is 2. The highest BCUT2D eigenvalue weighted by Crippen LogP contribution is 1.69. The molecule has 0 saturated carbocycles. The molecule has 0 aromatic heterocycles. The lowest BCUT2D eigenvalue weighted by Gasteiger charge is -1.75. The summed E-state index contributed by atoms with van der Waals surface area (Å²) in [5.74, 6) is 0. The maximum Gasteiger partial charge on any atom is 0.0825 e. The van der Waals surface area contributed by atoms with Crippen LogP contribution in [0.25, 0.3) is 0 Å². The fourth-order valence-corrected chi connectivity index (χ4v) is 0.645. The first-order chi connectivity index (χ1) is 6.41. The van der Waals surface area contributed by atoms with Crippen molar-refractivity contribution in [3.63, 3.8) is 0 Å². The summed E-state index contributed by atoms with van der Waals surface area (Å²) < 4.78 is 0. The van der Waals surface area contributed by atoms with Gasteiger partial charge in [0.05, 0.1) is 25.8 Å². The first kappa shape index (κ1) is 11.9. The molecule has 76 valence electrons. The van der Waals surface area contributed by atoms with Crippen LogP contribution in [0.5, 0.6) is 0 Å². The predicted molar refractivity (Wildman–Crippen MR) is 58.7 cm³/mol. The van der Waals surface area contributed by atoms with E-state index in [1.54, 1.807) is 12.7 Å². The van der Waals surface area contributed by atoms with Crippen molar-refractivity contribution < 1.29 is 0 Å². The van der Waals surface area contributed by atoms with Gasteiger partial charge in [-0.2, -0.15) is 0 Å². The van der Waals surface area contributed by atoms with Crippen LogP contribution in [0.1, 0.15) is 20.3 Å². The Labute approximate surface area is 80.5 Å². The maximum absolute atomic E-state index is 3.85. The molecule has 0 radical (unpaired) electrons. The summed E-state index contributed by atoms with van der Waals surface area (Å²) in [6.45, 7) is 8.22. The molecule has 0 aromatic rings. The molecule has 2 aliphatic rings. The number of hydrogen-bond donors (Lipinski definition) is 2. The normalized spacial score (nSPS) is 16.2. The van der Waals surface area contributed by atoms with Crippen molar-refractivity contribution in [2.24, 2.45) is 9.98 Å². The van der Waals surface area contributed by atoms with Crippen LogP contribution in [0.3, 0.4) is 0 Å². The van der Waals surface area contributed by atoms with E-state index in [-0.39, 0.29) is 0 Å². The zero-order valence-electron chi connectivity index (χ0n) is 8.58. The van der Waals surface area contributed by atoms with Crippen LogP contribution >= 0.6 is 0 Å². The first-order valence-electron chi connectivity index (χ1n) is 4.85. The number of hydrogen-bond acceptors (Lipinski definition) is 4. The molecule has 0 aromatic carbocycles. The minimum Gasteiger partial charge on any atom is -0.375 e. The van der Waals surface area contributed by atoms with Crippen LogP contribution in [0, 0.1) is 0 Å².